The van der Waals surface area contributed by atoms with Crippen molar-refractivity contribution < 1.29 is 9.13 Å². The van der Waals surface area contributed by atoms with Crippen molar-refractivity contribution in [1.82, 2.24) is 14.0 Å². The van der Waals surface area contributed by atoms with Gasteiger partial charge in [0.25, 0.3) is 5.56 Å². The van der Waals surface area contributed by atoms with Crippen LogP contribution in [-0.4, -0.2) is 26.7 Å². The van der Waals surface area contributed by atoms with Gasteiger partial charge in [0.05, 0.1) is 18.8 Å². The molecule has 3 heterocycles. The van der Waals surface area contributed by atoms with Gasteiger partial charge in [-0.3, -0.25) is 9.20 Å². The van der Waals surface area contributed by atoms with Gasteiger partial charge in [-0.15, -0.1) is 0 Å². The number of hydrogen-bond donors (Lipinski definition) is 0. The van der Waals surface area contributed by atoms with E-state index >= 15 is 0 Å². The summed E-state index contributed by atoms with van der Waals surface area (Å²) < 4.78 is 22.6. The second-order valence-corrected chi connectivity index (χ2v) is 6.63. The maximum absolute atomic E-state index is 13.4. The van der Waals surface area contributed by atoms with Gasteiger partial charge in [-0.1, -0.05) is 12.1 Å². The zero-order chi connectivity index (χ0) is 17.6. The van der Waals surface area contributed by atoms with E-state index in [1.54, 1.807) is 16.8 Å². The van der Waals surface area contributed by atoms with Crippen LogP contribution in [0.3, 0.4) is 0 Å². The van der Waals surface area contributed by atoms with E-state index in [0.29, 0.717) is 12.1 Å². The van der Waals surface area contributed by atoms with Gasteiger partial charge in [-0.05, 0) is 38.0 Å². The summed E-state index contributed by atoms with van der Waals surface area (Å²) in [6.07, 6.45) is 4.57. The monoisotopic (exact) mass is 341 g/mol. The topological polar surface area (TPSA) is 48.5 Å². The Balaban J connectivity index is 1.79. The van der Waals surface area contributed by atoms with Crippen LogP contribution < -0.4 is 5.56 Å². The van der Waals surface area contributed by atoms with Crippen LogP contribution in [0.4, 0.5) is 4.39 Å². The van der Waals surface area contributed by atoms with E-state index < -0.39 is 0 Å². The molecular formula is C19H20FN3O2. The Morgan fingerprint density at radius 3 is 2.96 bits per heavy atom. The fourth-order valence-corrected chi connectivity index (χ4v) is 3.58. The van der Waals surface area contributed by atoms with Gasteiger partial charge in [-0.2, -0.15) is 0 Å². The van der Waals surface area contributed by atoms with E-state index in [4.69, 9.17) is 4.74 Å². The van der Waals surface area contributed by atoms with Crippen LogP contribution in [-0.2, 0) is 11.3 Å². The summed E-state index contributed by atoms with van der Waals surface area (Å²) in [6, 6.07) is 6.33. The minimum Gasteiger partial charge on any atom is -0.378 e. The Labute approximate surface area is 144 Å². The second kappa shape index (κ2) is 6.11. The number of rotatable bonds is 3. The molecule has 4 rings (SSSR count). The standard InChI is InChI=1S/C19H20FN3O2/c1-12-10-23-17(9-21-18(23)16-6-7-25-13(16)2)19(24)22(12)11-14-4-3-5-15(20)8-14/h3-5,8-10,13,16H,6-7,11H2,1-2H3/t13-,16+/m1/s1. The van der Waals surface area contributed by atoms with Crippen LogP contribution in [0.5, 0.6) is 0 Å². The van der Waals surface area contributed by atoms with E-state index in [2.05, 4.69) is 4.98 Å². The SMILES string of the molecule is Cc1cn2c([C@H]3CCO[C@@H]3C)ncc2c(=O)n1Cc1cccc(F)c1. The number of nitrogens with zero attached hydrogens (tertiary/aromatic N) is 3. The van der Waals surface area contributed by atoms with E-state index in [9.17, 15) is 9.18 Å². The molecule has 0 aliphatic carbocycles. The molecule has 1 aliphatic heterocycles. The molecule has 0 spiro atoms. The van der Waals surface area contributed by atoms with Crippen LogP contribution in [0.25, 0.3) is 5.52 Å². The number of hydrogen-bond acceptors (Lipinski definition) is 3. The predicted molar refractivity (Wildman–Crippen MR) is 92.5 cm³/mol. The largest absolute Gasteiger partial charge is 0.378 e. The molecule has 0 amide bonds. The smallest absolute Gasteiger partial charge is 0.276 e. The highest BCUT2D eigenvalue weighted by molar-refractivity contribution is 5.45. The second-order valence-electron chi connectivity index (χ2n) is 6.63. The molecule has 2 aromatic heterocycles. The molecule has 2 atom stereocenters. The highest BCUT2D eigenvalue weighted by Gasteiger charge is 2.29. The summed E-state index contributed by atoms with van der Waals surface area (Å²) in [4.78, 5) is 17.4. The third kappa shape index (κ3) is 2.76. The van der Waals surface area contributed by atoms with Crippen molar-refractivity contribution in [3.8, 4) is 0 Å². The van der Waals surface area contributed by atoms with Crippen molar-refractivity contribution in [1.29, 1.82) is 0 Å². The normalized spacial score (nSPS) is 20.4. The molecule has 130 valence electrons. The van der Waals surface area contributed by atoms with Crippen molar-refractivity contribution in [3.63, 3.8) is 0 Å². The lowest BCUT2D eigenvalue weighted by Crippen LogP contribution is -2.25. The van der Waals surface area contributed by atoms with Crippen molar-refractivity contribution in [3.05, 3.63) is 69.9 Å². The van der Waals surface area contributed by atoms with Gasteiger partial charge in [0, 0.05) is 24.4 Å². The van der Waals surface area contributed by atoms with E-state index in [-0.39, 0.29) is 23.4 Å². The zero-order valence-corrected chi connectivity index (χ0v) is 14.3. The Bertz CT molecular complexity index is 992. The van der Waals surface area contributed by atoms with Crippen molar-refractivity contribution in [2.24, 2.45) is 0 Å². The molecule has 1 fully saturated rings. The van der Waals surface area contributed by atoms with Gasteiger partial charge < -0.3 is 9.30 Å². The molecule has 0 bridgehead atoms. The maximum Gasteiger partial charge on any atom is 0.276 e. The van der Waals surface area contributed by atoms with Gasteiger partial charge in [0.15, 0.2) is 0 Å². The fraction of sp³-hybridized carbons (Fsp3) is 0.368. The van der Waals surface area contributed by atoms with Crippen molar-refractivity contribution in [2.75, 3.05) is 6.61 Å². The lowest BCUT2D eigenvalue weighted by molar-refractivity contribution is 0.117. The van der Waals surface area contributed by atoms with Gasteiger partial charge in [0.1, 0.15) is 17.2 Å². The zero-order valence-electron chi connectivity index (χ0n) is 14.3. The predicted octanol–water partition coefficient (Wildman–Crippen LogP) is 2.88. The molecule has 25 heavy (non-hydrogen) atoms. The third-order valence-corrected chi connectivity index (χ3v) is 4.97. The first-order valence-corrected chi connectivity index (χ1v) is 8.48. The molecule has 0 saturated carbocycles. The summed E-state index contributed by atoms with van der Waals surface area (Å²) in [5.74, 6) is 0.768. The number of fused-ring (bicyclic) bond motifs is 1. The number of aromatic nitrogens is 3. The van der Waals surface area contributed by atoms with Crippen LogP contribution in [0.15, 0.2) is 41.5 Å². The third-order valence-electron chi connectivity index (χ3n) is 4.97. The van der Waals surface area contributed by atoms with Crippen molar-refractivity contribution in [2.45, 2.75) is 38.8 Å². The summed E-state index contributed by atoms with van der Waals surface area (Å²) in [6.45, 7) is 4.98. The first-order valence-electron chi connectivity index (χ1n) is 8.48. The molecule has 1 aromatic carbocycles. The molecule has 5 nitrogen and oxygen atoms in total. The Morgan fingerprint density at radius 2 is 2.24 bits per heavy atom. The van der Waals surface area contributed by atoms with E-state index in [1.165, 1.54) is 12.1 Å². The highest BCUT2D eigenvalue weighted by atomic mass is 19.1. The average Bonchev–Trinajstić information content (AvgIpc) is 3.17. The lowest BCUT2D eigenvalue weighted by atomic mass is 10.0. The minimum absolute atomic E-state index is 0.0978. The highest BCUT2D eigenvalue weighted by Crippen LogP contribution is 2.30. The fourth-order valence-electron chi connectivity index (χ4n) is 3.58. The molecule has 6 heteroatoms. The summed E-state index contributed by atoms with van der Waals surface area (Å²) >= 11 is 0. The Kier molecular flexibility index (Phi) is 3.92. The molecule has 1 aliphatic rings. The van der Waals surface area contributed by atoms with Gasteiger partial charge in [0.2, 0.25) is 0 Å². The molecule has 0 unspecified atom stereocenters. The summed E-state index contributed by atoms with van der Waals surface area (Å²) in [5.41, 5.74) is 1.99. The summed E-state index contributed by atoms with van der Waals surface area (Å²) in [5, 5.41) is 0. The quantitative estimate of drug-likeness (QED) is 0.736. The molecule has 0 N–H and O–H groups in total. The van der Waals surface area contributed by atoms with Gasteiger partial charge >= 0.3 is 0 Å². The van der Waals surface area contributed by atoms with Crippen molar-refractivity contribution >= 4 is 5.52 Å². The van der Waals surface area contributed by atoms with Crippen LogP contribution in [0, 0.1) is 12.7 Å². The number of halogens is 1. The lowest BCUT2D eigenvalue weighted by Gasteiger charge is -2.15. The number of imidazole rings is 1. The Morgan fingerprint density at radius 1 is 1.40 bits per heavy atom. The molecule has 1 saturated heterocycles. The van der Waals surface area contributed by atoms with Gasteiger partial charge in [-0.25, -0.2) is 9.37 Å². The maximum atomic E-state index is 13.4. The number of aryl methyl sites for hydroxylation is 1. The summed E-state index contributed by atoms with van der Waals surface area (Å²) in [7, 11) is 0. The first kappa shape index (κ1) is 16.0. The van der Waals surface area contributed by atoms with E-state index in [1.807, 2.05) is 30.5 Å². The number of benzene rings is 1. The average molecular weight is 341 g/mol. The van der Waals surface area contributed by atoms with Crippen LogP contribution in [0.1, 0.15) is 36.3 Å². The molecule has 0 radical (unpaired) electrons. The van der Waals surface area contributed by atoms with Crippen LogP contribution in [0.2, 0.25) is 0 Å². The van der Waals surface area contributed by atoms with E-state index in [0.717, 1.165) is 30.1 Å². The molecule has 3 aromatic rings. The first-order chi connectivity index (χ1) is 12.0. The number of ether oxygens (including phenoxy) is 1. The Hall–Kier alpha value is -2.47. The minimum atomic E-state index is -0.300. The molecular weight excluding hydrogens is 321 g/mol. The van der Waals surface area contributed by atoms with Crippen LogP contribution >= 0.6 is 0 Å².